The molecule has 1 aliphatic heterocycles. The van der Waals surface area contributed by atoms with Crippen LogP contribution in [0.25, 0.3) is 0 Å². The average molecular weight is 436 g/mol. The highest BCUT2D eigenvalue weighted by Gasteiger charge is 2.31. The first-order valence-corrected chi connectivity index (χ1v) is 9.92. The summed E-state index contributed by atoms with van der Waals surface area (Å²) in [5.74, 6) is -0.485. The number of carbonyl (C=O) groups is 1. The van der Waals surface area contributed by atoms with E-state index in [1.54, 1.807) is 12.1 Å². The summed E-state index contributed by atoms with van der Waals surface area (Å²) in [7, 11) is 0. The number of hydrogen-bond donors (Lipinski definition) is 1. The van der Waals surface area contributed by atoms with Gasteiger partial charge in [0.15, 0.2) is 0 Å². The molecule has 1 aliphatic rings. The fourth-order valence-corrected chi connectivity index (χ4v) is 3.53. The molecule has 3 rings (SSSR count). The minimum atomic E-state index is -4.36. The number of nitrogens with zero attached hydrogens (tertiary/aromatic N) is 3. The van der Waals surface area contributed by atoms with E-state index in [1.165, 1.54) is 30.3 Å². The quantitative estimate of drug-likeness (QED) is 0.408. The lowest BCUT2D eigenvalue weighted by Gasteiger charge is -2.36. The van der Waals surface area contributed by atoms with Gasteiger partial charge in [-0.05, 0) is 37.2 Å². The van der Waals surface area contributed by atoms with Crippen molar-refractivity contribution in [2.75, 3.05) is 44.2 Å². The van der Waals surface area contributed by atoms with Gasteiger partial charge in [0.1, 0.15) is 5.56 Å². The fraction of sp³-hybridized carbons (Fsp3) is 0.381. The predicted molar refractivity (Wildman–Crippen MR) is 110 cm³/mol. The van der Waals surface area contributed by atoms with Crippen LogP contribution in [0.5, 0.6) is 0 Å². The molecule has 1 heterocycles. The number of carbonyl (C=O) groups excluding carboxylic acids is 1. The maximum Gasteiger partial charge on any atom is 0.416 e. The molecule has 1 amide bonds. The van der Waals surface area contributed by atoms with E-state index in [1.807, 2.05) is 4.90 Å². The minimum Gasteiger partial charge on any atom is -0.369 e. The van der Waals surface area contributed by atoms with Crippen LogP contribution in [0.4, 0.5) is 24.5 Å². The van der Waals surface area contributed by atoms with Crippen LogP contribution in [0.1, 0.15) is 22.3 Å². The number of alkyl halides is 3. The van der Waals surface area contributed by atoms with E-state index in [0.717, 1.165) is 6.07 Å². The van der Waals surface area contributed by atoms with Crippen molar-refractivity contribution in [1.82, 2.24) is 10.2 Å². The standard InChI is InChI=1S/C21H23F3N4O3/c22-21(23,24)16-5-3-6-17(15-16)27-13-11-26(12-14-27)10-4-9-25-20(29)18-7-1-2-8-19(18)28(30)31/h1-3,5-8,15H,4,9-14H2,(H,25,29). The van der Waals surface area contributed by atoms with Gasteiger partial charge in [0.25, 0.3) is 11.6 Å². The second-order valence-electron chi connectivity index (χ2n) is 7.26. The minimum absolute atomic E-state index is 0.0298. The van der Waals surface area contributed by atoms with E-state index in [0.29, 0.717) is 51.4 Å². The summed E-state index contributed by atoms with van der Waals surface area (Å²) >= 11 is 0. The monoisotopic (exact) mass is 436 g/mol. The molecule has 2 aromatic rings. The number of nitrogens with one attached hydrogen (secondary N) is 1. The highest BCUT2D eigenvalue weighted by Crippen LogP contribution is 2.31. The van der Waals surface area contributed by atoms with Crippen molar-refractivity contribution in [3.05, 3.63) is 69.8 Å². The normalized spacial score (nSPS) is 15.0. The molecule has 31 heavy (non-hydrogen) atoms. The van der Waals surface area contributed by atoms with Gasteiger partial charge in [-0.15, -0.1) is 0 Å². The molecule has 1 N–H and O–H groups in total. The molecule has 0 atom stereocenters. The third-order valence-electron chi connectivity index (χ3n) is 5.19. The van der Waals surface area contributed by atoms with Gasteiger partial charge < -0.3 is 10.2 Å². The molecule has 0 aromatic heterocycles. The van der Waals surface area contributed by atoms with Gasteiger partial charge in [-0.25, -0.2) is 0 Å². The molecule has 1 saturated heterocycles. The number of amides is 1. The number of benzene rings is 2. The Morgan fingerprint density at radius 1 is 1.06 bits per heavy atom. The Hall–Kier alpha value is -3.14. The zero-order valence-corrected chi connectivity index (χ0v) is 16.8. The highest BCUT2D eigenvalue weighted by molar-refractivity contribution is 5.98. The second-order valence-corrected chi connectivity index (χ2v) is 7.26. The molecule has 10 heteroatoms. The predicted octanol–water partition coefficient (Wildman–Crippen LogP) is 3.56. The van der Waals surface area contributed by atoms with Crippen LogP contribution in [0, 0.1) is 10.1 Å². The first-order valence-electron chi connectivity index (χ1n) is 9.92. The van der Waals surface area contributed by atoms with Crippen molar-refractivity contribution in [3.8, 4) is 0 Å². The average Bonchev–Trinajstić information content (AvgIpc) is 2.76. The lowest BCUT2D eigenvalue weighted by Crippen LogP contribution is -2.47. The Labute approximate surface area is 177 Å². The van der Waals surface area contributed by atoms with Crippen LogP contribution < -0.4 is 10.2 Å². The number of hydrogen-bond acceptors (Lipinski definition) is 5. The smallest absolute Gasteiger partial charge is 0.369 e. The lowest BCUT2D eigenvalue weighted by atomic mass is 10.1. The first-order chi connectivity index (χ1) is 14.8. The topological polar surface area (TPSA) is 78.7 Å². The molecule has 2 aromatic carbocycles. The summed E-state index contributed by atoms with van der Waals surface area (Å²) in [6.07, 6.45) is -3.70. The van der Waals surface area contributed by atoms with Crippen molar-refractivity contribution in [3.63, 3.8) is 0 Å². The molecule has 0 bridgehead atoms. The zero-order valence-electron chi connectivity index (χ0n) is 16.8. The molecular weight excluding hydrogens is 413 g/mol. The lowest BCUT2D eigenvalue weighted by molar-refractivity contribution is -0.385. The van der Waals surface area contributed by atoms with E-state index >= 15 is 0 Å². The summed E-state index contributed by atoms with van der Waals surface area (Å²) < 4.78 is 38.7. The van der Waals surface area contributed by atoms with Crippen molar-refractivity contribution in [1.29, 1.82) is 0 Å². The summed E-state index contributed by atoms with van der Waals surface area (Å²) in [5, 5.41) is 13.7. The number of rotatable bonds is 7. The fourth-order valence-electron chi connectivity index (χ4n) is 3.53. The third kappa shape index (κ3) is 5.94. The molecular formula is C21H23F3N4O3. The largest absolute Gasteiger partial charge is 0.416 e. The highest BCUT2D eigenvalue weighted by atomic mass is 19.4. The van der Waals surface area contributed by atoms with Gasteiger partial charge >= 0.3 is 6.18 Å². The van der Waals surface area contributed by atoms with Crippen molar-refractivity contribution < 1.29 is 22.9 Å². The van der Waals surface area contributed by atoms with Gasteiger partial charge in [0.05, 0.1) is 10.5 Å². The van der Waals surface area contributed by atoms with Crippen LogP contribution in [-0.4, -0.2) is 55.0 Å². The summed E-state index contributed by atoms with van der Waals surface area (Å²) in [5.41, 5.74) is -0.291. The summed E-state index contributed by atoms with van der Waals surface area (Å²) in [4.78, 5) is 26.8. The molecule has 0 radical (unpaired) electrons. The third-order valence-corrected chi connectivity index (χ3v) is 5.19. The first kappa shape index (κ1) is 22.5. The van der Waals surface area contributed by atoms with Crippen molar-refractivity contribution in [2.45, 2.75) is 12.6 Å². The summed E-state index contributed by atoms with van der Waals surface area (Å²) in [6.45, 7) is 3.72. The number of anilines is 1. The Bertz CT molecular complexity index is 928. The maximum atomic E-state index is 12.9. The van der Waals surface area contributed by atoms with Crippen LogP contribution in [0.2, 0.25) is 0 Å². The van der Waals surface area contributed by atoms with Crippen molar-refractivity contribution in [2.24, 2.45) is 0 Å². The van der Waals surface area contributed by atoms with Crippen LogP contribution >= 0.6 is 0 Å². The van der Waals surface area contributed by atoms with Crippen LogP contribution in [0.15, 0.2) is 48.5 Å². The number of halogens is 3. The van der Waals surface area contributed by atoms with E-state index in [4.69, 9.17) is 0 Å². The van der Waals surface area contributed by atoms with Gasteiger partial charge in [-0.1, -0.05) is 18.2 Å². The number of nitro groups is 1. The zero-order chi connectivity index (χ0) is 22.4. The van der Waals surface area contributed by atoms with Gasteiger partial charge in [0, 0.05) is 44.5 Å². The van der Waals surface area contributed by atoms with Crippen LogP contribution in [-0.2, 0) is 6.18 Å². The number of nitro benzene ring substituents is 1. The van der Waals surface area contributed by atoms with Gasteiger partial charge in [-0.2, -0.15) is 13.2 Å². The van der Waals surface area contributed by atoms with E-state index in [-0.39, 0.29) is 11.3 Å². The van der Waals surface area contributed by atoms with Crippen LogP contribution in [0.3, 0.4) is 0 Å². The molecule has 7 nitrogen and oxygen atoms in total. The maximum absolute atomic E-state index is 12.9. The van der Waals surface area contributed by atoms with Gasteiger partial charge in [0.2, 0.25) is 0 Å². The Morgan fingerprint density at radius 2 is 1.77 bits per heavy atom. The van der Waals surface area contributed by atoms with E-state index in [2.05, 4.69) is 10.2 Å². The van der Waals surface area contributed by atoms with E-state index in [9.17, 15) is 28.1 Å². The Morgan fingerprint density at radius 3 is 2.45 bits per heavy atom. The number of para-hydroxylation sites is 1. The number of piperazine rings is 1. The molecule has 1 fully saturated rings. The SMILES string of the molecule is O=C(NCCCN1CCN(c2cccc(C(F)(F)F)c2)CC1)c1ccccc1[N+](=O)[O-]. The Kier molecular flexibility index (Phi) is 7.11. The molecule has 0 saturated carbocycles. The molecule has 0 unspecified atom stereocenters. The van der Waals surface area contributed by atoms with Crippen molar-refractivity contribution >= 4 is 17.3 Å². The van der Waals surface area contributed by atoms with E-state index < -0.39 is 22.6 Å². The molecule has 0 spiro atoms. The Balaban J connectivity index is 1.42. The molecule has 0 aliphatic carbocycles. The van der Waals surface area contributed by atoms with Gasteiger partial charge in [-0.3, -0.25) is 19.8 Å². The second kappa shape index (κ2) is 9.78. The summed E-state index contributed by atoms with van der Waals surface area (Å²) in [6, 6.07) is 11.1. The molecule has 166 valence electrons.